The molecule has 1 saturated heterocycles. The summed E-state index contributed by atoms with van der Waals surface area (Å²) in [5, 5.41) is 2.91. The molecule has 0 radical (unpaired) electrons. The highest BCUT2D eigenvalue weighted by Crippen LogP contribution is 2.24. The van der Waals surface area contributed by atoms with Crippen molar-refractivity contribution in [2.45, 2.75) is 11.3 Å². The van der Waals surface area contributed by atoms with Crippen LogP contribution in [0.1, 0.15) is 6.42 Å². The molecule has 0 saturated carbocycles. The van der Waals surface area contributed by atoms with Gasteiger partial charge in [0.1, 0.15) is 4.90 Å². The van der Waals surface area contributed by atoms with Crippen molar-refractivity contribution in [3.05, 3.63) is 18.5 Å². The van der Waals surface area contributed by atoms with Crippen LogP contribution in [0, 0.1) is 0 Å². The van der Waals surface area contributed by atoms with Crippen LogP contribution in [0.15, 0.2) is 23.4 Å². The molecule has 0 atom stereocenters. The molecular weight excluding hydrogens is 270 g/mol. The van der Waals surface area contributed by atoms with Crippen LogP contribution in [0.2, 0.25) is 0 Å². The maximum absolute atomic E-state index is 12.6. The first-order valence-electron chi connectivity index (χ1n) is 5.86. The molecule has 7 heteroatoms. The Labute approximate surface area is 112 Å². The first-order chi connectivity index (χ1) is 8.66. The minimum Gasteiger partial charge on any atom is -0.387 e. The van der Waals surface area contributed by atoms with Crippen LogP contribution in [0.5, 0.6) is 0 Å². The van der Waals surface area contributed by atoms with E-state index in [9.17, 15) is 8.42 Å². The molecule has 2 heterocycles. The number of thioether (sulfide) groups is 1. The summed E-state index contributed by atoms with van der Waals surface area (Å²) in [6, 6.07) is 1.68. The van der Waals surface area contributed by atoms with Gasteiger partial charge in [0.2, 0.25) is 10.0 Å². The fourth-order valence-electron chi connectivity index (χ4n) is 1.89. The first kappa shape index (κ1) is 13.6. The molecule has 0 unspecified atom stereocenters. The van der Waals surface area contributed by atoms with E-state index in [0.29, 0.717) is 18.8 Å². The average Bonchev–Trinajstić information content (AvgIpc) is 2.68. The summed E-state index contributed by atoms with van der Waals surface area (Å²) in [5.74, 6) is 1.88. The van der Waals surface area contributed by atoms with Crippen LogP contribution in [0.3, 0.4) is 0 Å². The number of hydrogen-bond donors (Lipinski definition) is 1. The van der Waals surface area contributed by atoms with Gasteiger partial charge in [-0.25, -0.2) is 8.42 Å². The second-order valence-electron chi connectivity index (χ2n) is 3.99. The van der Waals surface area contributed by atoms with Crippen molar-refractivity contribution < 1.29 is 8.42 Å². The van der Waals surface area contributed by atoms with Gasteiger partial charge in [0.05, 0.1) is 5.69 Å². The lowest BCUT2D eigenvalue weighted by molar-refractivity contribution is 0.435. The zero-order valence-corrected chi connectivity index (χ0v) is 11.9. The summed E-state index contributed by atoms with van der Waals surface area (Å²) in [6.07, 6.45) is 3.90. The SMILES string of the molecule is CNc1ccncc1S(=O)(=O)N1CCCSCC1. The standard InChI is InChI=1S/C11H17N3O2S2/c1-12-10-3-4-13-9-11(10)18(15,16)14-5-2-7-17-8-6-14/h3-4,9H,2,5-8H2,1H3,(H,12,13). The molecule has 100 valence electrons. The number of aromatic nitrogens is 1. The van der Waals surface area contributed by atoms with Crippen molar-refractivity contribution in [3.8, 4) is 0 Å². The number of nitrogens with one attached hydrogen (secondary N) is 1. The average molecular weight is 287 g/mol. The highest BCUT2D eigenvalue weighted by molar-refractivity contribution is 7.99. The molecule has 2 rings (SSSR count). The predicted molar refractivity (Wildman–Crippen MR) is 74.5 cm³/mol. The number of rotatable bonds is 3. The van der Waals surface area contributed by atoms with Crippen molar-refractivity contribution in [1.29, 1.82) is 0 Å². The molecular formula is C11H17N3O2S2. The topological polar surface area (TPSA) is 62.3 Å². The number of nitrogens with zero attached hydrogens (tertiary/aromatic N) is 2. The molecule has 1 aliphatic heterocycles. The van der Waals surface area contributed by atoms with Crippen LogP contribution >= 0.6 is 11.8 Å². The Bertz CT molecular complexity index is 497. The second kappa shape index (κ2) is 5.90. The molecule has 18 heavy (non-hydrogen) atoms. The van der Waals surface area contributed by atoms with Crippen molar-refractivity contribution in [1.82, 2.24) is 9.29 Å². The third-order valence-electron chi connectivity index (χ3n) is 2.85. The van der Waals surface area contributed by atoms with Crippen LogP contribution in [-0.2, 0) is 10.0 Å². The van der Waals surface area contributed by atoms with E-state index in [1.54, 1.807) is 35.4 Å². The lowest BCUT2D eigenvalue weighted by atomic mass is 10.4. The smallest absolute Gasteiger partial charge is 0.246 e. The Hall–Kier alpha value is -0.790. The Morgan fingerprint density at radius 2 is 2.22 bits per heavy atom. The van der Waals surface area contributed by atoms with Gasteiger partial charge in [-0.3, -0.25) is 4.98 Å². The van der Waals surface area contributed by atoms with Crippen molar-refractivity contribution in [2.24, 2.45) is 0 Å². The molecule has 1 aromatic rings. The number of sulfonamides is 1. The van der Waals surface area contributed by atoms with Gasteiger partial charge in [-0.2, -0.15) is 16.1 Å². The zero-order chi connectivity index (χ0) is 13.0. The number of pyridine rings is 1. The molecule has 0 aliphatic carbocycles. The van der Waals surface area contributed by atoms with E-state index in [2.05, 4.69) is 10.3 Å². The summed E-state index contributed by atoms with van der Waals surface area (Å²) in [7, 11) is -1.72. The quantitative estimate of drug-likeness (QED) is 0.906. The summed E-state index contributed by atoms with van der Waals surface area (Å²) < 4.78 is 26.7. The number of anilines is 1. The van der Waals surface area contributed by atoms with Gasteiger partial charge in [-0.05, 0) is 18.2 Å². The molecule has 1 aliphatic rings. The molecule has 0 bridgehead atoms. The summed E-state index contributed by atoms with van der Waals surface area (Å²) in [6.45, 7) is 1.17. The van der Waals surface area contributed by atoms with Gasteiger partial charge < -0.3 is 5.32 Å². The van der Waals surface area contributed by atoms with E-state index in [-0.39, 0.29) is 4.90 Å². The summed E-state index contributed by atoms with van der Waals surface area (Å²) in [4.78, 5) is 4.19. The van der Waals surface area contributed by atoms with Gasteiger partial charge in [0.25, 0.3) is 0 Å². The van der Waals surface area contributed by atoms with E-state index >= 15 is 0 Å². The van der Waals surface area contributed by atoms with Crippen LogP contribution < -0.4 is 5.32 Å². The molecule has 5 nitrogen and oxygen atoms in total. The van der Waals surface area contributed by atoms with Gasteiger partial charge in [0.15, 0.2) is 0 Å². The van der Waals surface area contributed by atoms with E-state index in [1.165, 1.54) is 6.20 Å². The minimum atomic E-state index is -3.43. The normalized spacial score (nSPS) is 18.3. The fraction of sp³-hybridized carbons (Fsp3) is 0.545. The van der Waals surface area contributed by atoms with Crippen molar-refractivity contribution >= 4 is 27.5 Å². The van der Waals surface area contributed by atoms with Crippen LogP contribution in [0.4, 0.5) is 5.69 Å². The Morgan fingerprint density at radius 1 is 1.39 bits per heavy atom. The molecule has 1 fully saturated rings. The monoisotopic (exact) mass is 287 g/mol. The third-order valence-corrected chi connectivity index (χ3v) is 5.83. The second-order valence-corrected chi connectivity index (χ2v) is 7.12. The van der Waals surface area contributed by atoms with Crippen LogP contribution in [0.25, 0.3) is 0 Å². The molecule has 1 aromatic heterocycles. The maximum atomic E-state index is 12.6. The first-order valence-corrected chi connectivity index (χ1v) is 8.45. The van der Waals surface area contributed by atoms with E-state index < -0.39 is 10.0 Å². The van der Waals surface area contributed by atoms with Gasteiger partial charge in [-0.1, -0.05) is 0 Å². The largest absolute Gasteiger partial charge is 0.387 e. The van der Waals surface area contributed by atoms with Crippen molar-refractivity contribution in [2.75, 3.05) is 37.0 Å². The maximum Gasteiger partial charge on any atom is 0.246 e. The van der Waals surface area contributed by atoms with E-state index in [0.717, 1.165) is 17.9 Å². The predicted octanol–water partition coefficient (Wildman–Crippen LogP) is 1.25. The Balaban J connectivity index is 2.34. The zero-order valence-electron chi connectivity index (χ0n) is 10.3. The Morgan fingerprint density at radius 3 is 3.00 bits per heavy atom. The molecule has 0 aromatic carbocycles. The summed E-state index contributed by atoms with van der Waals surface area (Å²) >= 11 is 1.80. The third kappa shape index (κ3) is 2.78. The van der Waals surface area contributed by atoms with Gasteiger partial charge in [-0.15, -0.1) is 0 Å². The molecule has 0 spiro atoms. The van der Waals surface area contributed by atoms with E-state index in [1.807, 2.05) is 0 Å². The van der Waals surface area contributed by atoms with Crippen LogP contribution in [-0.4, -0.2) is 49.3 Å². The molecule has 1 N–H and O–H groups in total. The van der Waals surface area contributed by atoms with E-state index in [4.69, 9.17) is 0 Å². The van der Waals surface area contributed by atoms with Crippen molar-refractivity contribution in [3.63, 3.8) is 0 Å². The Kier molecular flexibility index (Phi) is 4.47. The van der Waals surface area contributed by atoms with Gasteiger partial charge >= 0.3 is 0 Å². The minimum absolute atomic E-state index is 0.263. The lowest BCUT2D eigenvalue weighted by Gasteiger charge is -2.20. The summed E-state index contributed by atoms with van der Waals surface area (Å²) in [5.41, 5.74) is 0.599. The highest BCUT2D eigenvalue weighted by atomic mass is 32.2. The fourth-order valence-corrected chi connectivity index (χ4v) is 4.52. The molecule has 0 amide bonds. The highest BCUT2D eigenvalue weighted by Gasteiger charge is 2.27. The number of hydrogen-bond acceptors (Lipinski definition) is 5. The van der Waals surface area contributed by atoms with Gasteiger partial charge in [0, 0.05) is 38.3 Å². The lowest BCUT2D eigenvalue weighted by Crippen LogP contribution is -2.33.